The molecule has 0 unspecified atom stereocenters. The Morgan fingerprint density at radius 1 is 0.879 bits per heavy atom. The van der Waals surface area contributed by atoms with Gasteiger partial charge in [0.05, 0.1) is 17.7 Å². The van der Waals surface area contributed by atoms with Gasteiger partial charge in [-0.3, -0.25) is 9.10 Å². The van der Waals surface area contributed by atoms with E-state index in [2.05, 4.69) is 29.6 Å². The fourth-order valence-corrected chi connectivity index (χ4v) is 4.78. The molecule has 0 saturated carbocycles. The Balaban J connectivity index is 1.71. The zero-order valence-corrected chi connectivity index (χ0v) is 20.1. The summed E-state index contributed by atoms with van der Waals surface area (Å²) in [6.07, 6.45) is 1.60. The van der Waals surface area contributed by atoms with Gasteiger partial charge >= 0.3 is 0 Å². The van der Waals surface area contributed by atoms with Gasteiger partial charge in [0.1, 0.15) is 12.3 Å². The first-order chi connectivity index (χ1) is 15.8. The molecule has 6 nitrogen and oxygen atoms in total. The van der Waals surface area contributed by atoms with Crippen molar-refractivity contribution in [1.29, 1.82) is 0 Å². The molecular formula is C26H30N2O4S. The van der Waals surface area contributed by atoms with Gasteiger partial charge in [-0.25, -0.2) is 8.42 Å². The lowest BCUT2D eigenvalue weighted by Crippen LogP contribution is -2.41. The molecule has 0 bridgehead atoms. The molecule has 3 aromatic carbocycles. The minimum atomic E-state index is -3.93. The molecule has 174 valence electrons. The highest BCUT2D eigenvalue weighted by Gasteiger charge is 2.27. The van der Waals surface area contributed by atoms with Gasteiger partial charge in [0.25, 0.3) is 10.0 Å². The first kappa shape index (κ1) is 24.3. The molecule has 7 heteroatoms. The van der Waals surface area contributed by atoms with Crippen LogP contribution in [-0.2, 0) is 21.2 Å². The van der Waals surface area contributed by atoms with Gasteiger partial charge in [-0.1, -0.05) is 47.5 Å². The third kappa shape index (κ3) is 6.58. The van der Waals surface area contributed by atoms with Crippen molar-refractivity contribution in [2.45, 2.75) is 31.6 Å². The van der Waals surface area contributed by atoms with E-state index in [0.717, 1.165) is 22.7 Å². The predicted molar refractivity (Wildman–Crippen MR) is 131 cm³/mol. The summed E-state index contributed by atoms with van der Waals surface area (Å²) in [6.45, 7) is 4.09. The fourth-order valence-electron chi connectivity index (χ4n) is 3.36. The summed E-state index contributed by atoms with van der Waals surface area (Å²) < 4.78 is 33.1. The maximum absolute atomic E-state index is 13.4. The first-order valence-corrected chi connectivity index (χ1v) is 12.3. The van der Waals surface area contributed by atoms with Crippen LogP contribution < -0.4 is 14.4 Å². The molecule has 0 atom stereocenters. The molecule has 3 aromatic rings. The number of anilines is 1. The van der Waals surface area contributed by atoms with Gasteiger partial charge in [-0.05, 0) is 68.7 Å². The van der Waals surface area contributed by atoms with Crippen molar-refractivity contribution in [3.63, 3.8) is 0 Å². The highest BCUT2D eigenvalue weighted by Crippen LogP contribution is 2.26. The van der Waals surface area contributed by atoms with E-state index in [4.69, 9.17) is 4.74 Å². The number of methoxy groups -OCH3 is 1. The summed E-state index contributed by atoms with van der Waals surface area (Å²) >= 11 is 0. The largest absolute Gasteiger partial charge is 0.497 e. The number of rotatable bonds is 10. The zero-order chi connectivity index (χ0) is 23.8. The summed E-state index contributed by atoms with van der Waals surface area (Å²) in [5.41, 5.74) is 3.76. The van der Waals surface area contributed by atoms with E-state index in [-0.39, 0.29) is 17.3 Å². The molecule has 0 aromatic heterocycles. The van der Waals surface area contributed by atoms with E-state index >= 15 is 0 Å². The van der Waals surface area contributed by atoms with Gasteiger partial charge in [0.15, 0.2) is 0 Å². The molecule has 0 aliphatic heterocycles. The van der Waals surface area contributed by atoms with Crippen molar-refractivity contribution in [3.05, 3.63) is 89.5 Å². The van der Waals surface area contributed by atoms with Gasteiger partial charge in [-0.2, -0.15) is 0 Å². The molecule has 0 heterocycles. The molecule has 0 fully saturated rings. The van der Waals surface area contributed by atoms with Crippen LogP contribution in [0.2, 0.25) is 0 Å². The standard InChI is InChI=1S/C26H30N2O4S/c1-20-6-10-22(11-7-20)5-4-18-27-26(29)19-28(23-12-14-24(32-3)15-13-23)33(30,31)25-16-8-21(2)9-17-25/h6-17H,4-5,18-19H2,1-3H3,(H,27,29). The molecule has 1 amide bonds. The number of sulfonamides is 1. The van der Waals surface area contributed by atoms with E-state index in [1.807, 2.05) is 13.8 Å². The molecule has 0 radical (unpaired) electrons. The Labute approximate surface area is 196 Å². The summed E-state index contributed by atoms with van der Waals surface area (Å²) in [5, 5.41) is 2.85. The summed E-state index contributed by atoms with van der Waals surface area (Å²) in [6, 6.07) is 21.5. The van der Waals surface area contributed by atoms with Crippen molar-refractivity contribution >= 4 is 21.6 Å². The second kappa shape index (κ2) is 11.0. The highest BCUT2D eigenvalue weighted by molar-refractivity contribution is 7.92. The summed E-state index contributed by atoms with van der Waals surface area (Å²) in [4.78, 5) is 12.8. The Morgan fingerprint density at radius 3 is 2.03 bits per heavy atom. The van der Waals surface area contributed by atoms with Crippen molar-refractivity contribution in [2.24, 2.45) is 0 Å². The van der Waals surface area contributed by atoms with Crippen molar-refractivity contribution in [3.8, 4) is 5.75 Å². The predicted octanol–water partition coefficient (Wildman–Crippen LogP) is 4.26. The topological polar surface area (TPSA) is 75.7 Å². The number of nitrogens with zero attached hydrogens (tertiary/aromatic N) is 1. The number of ether oxygens (including phenoxy) is 1. The van der Waals surface area contributed by atoms with Crippen LogP contribution in [0.3, 0.4) is 0 Å². The second-order valence-electron chi connectivity index (χ2n) is 7.96. The fraction of sp³-hybridized carbons (Fsp3) is 0.269. The SMILES string of the molecule is COc1ccc(N(CC(=O)NCCCc2ccc(C)cc2)S(=O)(=O)c2ccc(C)cc2)cc1. The Kier molecular flexibility index (Phi) is 8.11. The molecule has 1 N–H and O–H groups in total. The number of nitrogens with one attached hydrogen (secondary N) is 1. The quantitative estimate of drug-likeness (QED) is 0.453. The van der Waals surface area contributed by atoms with Crippen LogP contribution in [-0.4, -0.2) is 34.5 Å². The van der Waals surface area contributed by atoms with Crippen LogP contribution in [0, 0.1) is 13.8 Å². The van der Waals surface area contributed by atoms with E-state index in [1.54, 1.807) is 55.6 Å². The van der Waals surface area contributed by atoms with Gasteiger partial charge < -0.3 is 10.1 Å². The van der Waals surface area contributed by atoms with E-state index < -0.39 is 10.0 Å². The molecule has 0 aliphatic rings. The summed E-state index contributed by atoms with van der Waals surface area (Å²) in [7, 11) is -2.39. The van der Waals surface area contributed by atoms with Gasteiger partial charge in [-0.15, -0.1) is 0 Å². The highest BCUT2D eigenvalue weighted by atomic mass is 32.2. The van der Waals surface area contributed by atoms with Gasteiger partial charge in [0.2, 0.25) is 5.91 Å². The second-order valence-corrected chi connectivity index (χ2v) is 9.82. The Morgan fingerprint density at radius 2 is 1.45 bits per heavy atom. The minimum Gasteiger partial charge on any atom is -0.497 e. The third-order valence-electron chi connectivity index (χ3n) is 5.34. The van der Waals surface area contributed by atoms with Crippen molar-refractivity contribution in [2.75, 3.05) is 24.5 Å². The van der Waals surface area contributed by atoms with Crippen LogP contribution in [0.4, 0.5) is 5.69 Å². The maximum Gasteiger partial charge on any atom is 0.264 e. The normalized spacial score (nSPS) is 11.1. The lowest BCUT2D eigenvalue weighted by molar-refractivity contribution is -0.119. The maximum atomic E-state index is 13.4. The van der Waals surface area contributed by atoms with E-state index in [0.29, 0.717) is 18.0 Å². The lowest BCUT2D eigenvalue weighted by Gasteiger charge is -2.24. The number of hydrogen-bond donors (Lipinski definition) is 1. The summed E-state index contributed by atoms with van der Waals surface area (Å²) in [5.74, 6) is 0.248. The molecule has 0 saturated heterocycles. The van der Waals surface area contributed by atoms with Crippen LogP contribution in [0.5, 0.6) is 5.75 Å². The molecule has 3 rings (SSSR count). The van der Waals surface area contributed by atoms with Gasteiger partial charge in [0, 0.05) is 6.54 Å². The molecular weight excluding hydrogens is 436 g/mol. The van der Waals surface area contributed by atoms with E-state index in [1.165, 1.54) is 11.1 Å². The van der Waals surface area contributed by atoms with Crippen molar-refractivity contribution in [1.82, 2.24) is 5.32 Å². The molecule has 0 aliphatic carbocycles. The van der Waals surface area contributed by atoms with E-state index in [9.17, 15) is 13.2 Å². The number of hydrogen-bond acceptors (Lipinski definition) is 4. The average molecular weight is 467 g/mol. The Bertz CT molecular complexity index is 1160. The van der Waals surface area contributed by atoms with Crippen molar-refractivity contribution < 1.29 is 17.9 Å². The third-order valence-corrected chi connectivity index (χ3v) is 7.13. The monoisotopic (exact) mass is 466 g/mol. The Hall–Kier alpha value is -3.32. The zero-order valence-electron chi connectivity index (χ0n) is 19.2. The smallest absolute Gasteiger partial charge is 0.264 e. The average Bonchev–Trinajstić information content (AvgIpc) is 2.82. The lowest BCUT2D eigenvalue weighted by atomic mass is 10.1. The van der Waals surface area contributed by atoms with Crippen LogP contribution in [0.1, 0.15) is 23.1 Å². The first-order valence-electron chi connectivity index (χ1n) is 10.9. The molecule has 33 heavy (non-hydrogen) atoms. The number of amides is 1. The number of benzene rings is 3. The van der Waals surface area contributed by atoms with Crippen LogP contribution in [0.15, 0.2) is 77.7 Å². The minimum absolute atomic E-state index is 0.135. The number of aryl methyl sites for hydroxylation is 3. The van der Waals surface area contributed by atoms with Crippen LogP contribution in [0.25, 0.3) is 0 Å². The number of carbonyl (C=O) groups excluding carboxylic acids is 1. The molecule has 0 spiro atoms. The number of carbonyl (C=O) groups is 1. The van der Waals surface area contributed by atoms with Crippen LogP contribution >= 0.6 is 0 Å².